The van der Waals surface area contributed by atoms with Gasteiger partial charge in [-0.2, -0.15) is 0 Å². The van der Waals surface area contributed by atoms with Crippen LogP contribution in [0.3, 0.4) is 0 Å². The highest BCUT2D eigenvalue weighted by Crippen LogP contribution is 2.23. The predicted molar refractivity (Wildman–Crippen MR) is 70.8 cm³/mol. The summed E-state index contributed by atoms with van der Waals surface area (Å²) in [6.45, 7) is 3.16. The lowest BCUT2D eigenvalue weighted by molar-refractivity contribution is 0.415. The molecule has 0 amide bonds. The van der Waals surface area contributed by atoms with E-state index < -0.39 is 0 Å². The number of unbranched alkanes of at least 4 members (excludes halogenated alkanes) is 1. The zero-order valence-corrected chi connectivity index (χ0v) is 11.0. The molecule has 0 aliphatic heterocycles. The van der Waals surface area contributed by atoms with Crippen molar-refractivity contribution in [2.45, 2.75) is 32.2 Å². The molecule has 17 heavy (non-hydrogen) atoms. The summed E-state index contributed by atoms with van der Waals surface area (Å²) >= 11 is 5.94. The summed E-state index contributed by atoms with van der Waals surface area (Å²) in [5.74, 6) is 2.21. The maximum absolute atomic E-state index is 5.94. The van der Waals surface area contributed by atoms with Crippen LogP contribution in [0.25, 0.3) is 11.0 Å². The molecule has 0 saturated carbocycles. The summed E-state index contributed by atoms with van der Waals surface area (Å²) in [6.07, 6.45) is 2.30. The second kappa shape index (κ2) is 5.41. The summed E-state index contributed by atoms with van der Waals surface area (Å²) in [7, 11) is 1.66. The first-order chi connectivity index (χ1) is 8.30. The molecule has 0 fully saturated rings. The lowest BCUT2D eigenvalue weighted by Crippen LogP contribution is -2.02. The fraction of sp³-hybridized carbons (Fsp3) is 0.462. The van der Waals surface area contributed by atoms with Gasteiger partial charge in [0.15, 0.2) is 0 Å². The van der Waals surface area contributed by atoms with Crippen LogP contribution in [-0.4, -0.2) is 16.7 Å². The van der Waals surface area contributed by atoms with Gasteiger partial charge in [0.1, 0.15) is 11.6 Å². The molecule has 1 aromatic carbocycles. The number of aromatic nitrogens is 2. The summed E-state index contributed by atoms with van der Waals surface area (Å²) in [5.41, 5.74) is 2.09. The van der Waals surface area contributed by atoms with Crippen LogP contribution in [0.2, 0.25) is 0 Å². The Hall–Kier alpha value is -1.22. The molecule has 0 radical (unpaired) electrons. The highest BCUT2D eigenvalue weighted by atomic mass is 35.5. The molecule has 3 nitrogen and oxygen atoms in total. The third-order valence-corrected chi connectivity index (χ3v) is 3.13. The number of hydrogen-bond acceptors (Lipinski definition) is 2. The number of benzene rings is 1. The number of ether oxygens (including phenoxy) is 1. The van der Waals surface area contributed by atoms with Crippen LogP contribution >= 0.6 is 11.6 Å². The number of alkyl halides is 1. The molecule has 4 heteroatoms. The van der Waals surface area contributed by atoms with Gasteiger partial charge in [-0.15, -0.1) is 11.6 Å². The molecular formula is C13H17ClN2O. The Kier molecular flexibility index (Phi) is 3.89. The number of methoxy groups -OCH3 is 1. The quantitative estimate of drug-likeness (QED) is 0.761. The zero-order valence-electron chi connectivity index (χ0n) is 10.2. The second-order valence-electron chi connectivity index (χ2n) is 4.02. The van der Waals surface area contributed by atoms with Crippen molar-refractivity contribution < 1.29 is 4.74 Å². The number of rotatable bonds is 5. The van der Waals surface area contributed by atoms with Crippen molar-refractivity contribution in [2.75, 3.05) is 7.11 Å². The van der Waals surface area contributed by atoms with Gasteiger partial charge in [-0.05, 0) is 18.6 Å². The van der Waals surface area contributed by atoms with Gasteiger partial charge in [-0.3, -0.25) is 0 Å². The molecule has 0 bridgehead atoms. The van der Waals surface area contributed by atoms with Crippen molar-refractivity contribution in [3.05, 3.63) is 24.0 Å². The van der Waals surface area contributed by atoms with Crippen LogP contribution in [-0.2, 0) is 12.4 Å². The SMILES string of the molecule is CCCCn1c(CCl)nc2cc(OC)ccc21. The highest BCUT2D eigenvalue weighted by Gasteiger charge is 2.10. The zero-order chi connectivity index (χ0) is 12.3. The molecule has 92 valence electrons. The molecule has 0 atom stereocenters. The maximum atomic E-state index is 5.94. The number of imidazole rings is 1. The fourth-order valence-electron chi connectivity index (χ4n) is 1.95. The van der Waals surface area contributed by atoms with E-state index >= 15 is 0 Å². The van der Waals surface area contributed by atoms with Gasteiger partial charge < -0.3 is 9.30 Å². The Balaban J connectivity index is 2.47. The average molecular weight is 253 g/mol. The Morgan fingerprint density at radius 1 is 1.41 bits per heavy atom. The molecule has 0 N–H and O–H groups in total. The van der Waals surface area contributed by atoms with E-state index in [2.05, 4.69) is 16.5 Å². The number of hydrogen-bond donors (Lipinski definition) is 0. The molecule has 0 aliphatic carbocycles. The van der Waals surface area contributed by atoms with Gasteiger partial charge >= 0.3 is 0 Å². The van der Waals surface area contributed by atoms with Crippen LogP contribution in [0.1, 0.15) is 25.6 Å². The largest absolute Gasteiger partial charge is 0.497 e. The van der Waals surface area contributed by atoms with E-state index in [-0.39, 0.29) is 0 Å². The van der Waals surface area contributed by atoms with Gasteiger partial charge in [-0.25, -0.2) is 4.98 Å². The first-order valence-electron chi connectivity index (χ1n) is 5.89. The van der Waals surface area contributed by atoms with Crippen LogP contribution in [0, 0.1) is 0 Å². The van der Waals surface area contributed by atoms with Crippen LogP contribution in [0.5, 0.6) is 5.75 Å². The van der Waals surface area contributed by atoms with E-state index in [4.69, 9.17) is 16.3 Å². The molecule has 0 aliphatic rings. The average Bonchev–Trinajstić information content (AvgIpc) is 2.72. The van der Waals surface area contributed by atoms with E-state index in [0.29, 0.717) is 5.88 Å². The van der Waals surface area contributed by atoms with Crippen molar-refractivity contribution in [2.24, 2.45) is 0 Å². The molecule has 1 heterocycles. The van der Waals surface area contributed by atoms with E-state index in [9.17, 15) is 0 Å². The number of fused-ring (bicyclic) bond motifs is 1. The molecular weight excluding hydrogens is 236 g/mol. The van der Waals surface area contributed by atoms with E-state index in [1.165, 1.54) is 0 Å². The molecule has 2 rings (SSSR count). The Labute approximate surface area is 106 Å². The Morgan fingerprint density at radius 3 is 2.88 bits per heavy atom. The molecule has 0 unspecified atom stereocenters. The topological polar surface area (TPSA) is 27.1 Å². The summed E-state index contributed by atoms with van der Waals surface area (Å²) in [4.78, 5) is 4.54. The van der Waals surface area contributed by atoms with Crippen LogP contribution in [0.15, 0.2) is 18.2 Å². The van der Waals surface area contributed by atoms with Crippen molar-refractivity contribution in [1.29, 1.82) is 0 Å². The van der Waals surface area contributed by atoms with E-state index in [1.807, 2.05) is 18.2 Å². The molecule has 0 spiro atoms. The highest BCUT2D eigenvalue weighted by molar-refractivity contribution is 6.16. The number of aryl methyl sites for hydroxylation is 1. The minimum Gasteiger partial charge on any atom is -0.497 e. The first-order valence-corrected chi connectivity index (χ1v) is 6.42. The summed E-state index contributed by atoms with van der Waals surface area (Å²) in [5, 5.41) is 0. The summed E-state index contributed by atoms with van der Waals surface area (Å²) in [6, 6.07) is 5.96. The Morgan fingerprint density at radius 2 is 2.24 bits per heavy atom. The van der Waals surface area contributed by atoms with Crippen molar-refractivity contribution in [1.82, 2.24) is 9.55 Å². The van der Waals surface area contributed by atoms with Gasteiger partial charge in [0, 0.05) is 12.6 Å². The van der Waals surface area contributed by atoms with E-state index in [1.54, 1.807) is 7.11 Å². The smallest absolute Gasteiger partial charge is 0.124 e. The lowest BCUT2D eigenvalue weighted by atomic mass is 10.3. The maximum Gasteiger partial charge on any atom is 0.124 e. The van der Waals surface area contributed by atoms with Crippen molar-refractivity contribution in [3.63, 3.8) is 0 Å². The second-order valence-corrected chi connectivity index (χ2v) is 4.29. The van der Waals surface area contributed by atoms with Gasteiger partial charge in [-0.1, -0.05) is 13.3 Å². The molecule has 2 aromatic rings. The van der Waals surface area contributed by atoms with E-state index in [0.717, 1.165) is 42.0 Å². The fourth-order valence-corrected chi connectivity index (χ4v) is 2.16. The van der Waals surface area contributed by atoms with Crippen molar-refractivity contribution in [3.8, 4) is 5.75 Å². The minimum atomic E-state index is 0.445. The monoisotopic (exact) mass is 252 g/mol. The van der Waals surface area contributed by atoms with Crippen LogP contribution < -0.4 is 4.74 Å². The number of halogens is 1. The minimum absolute atomic E-state index is 0.445. The third kappa shape index (κ3) is 2.39. The lowest BCUT2D eigenvalue weighted by Gasteiger charge is -2.06. The summed E-state index contributed by atoms with van der Waals surface area (Å²) < 4.78 is 7.40. The van der Waals surface area contributed by atoms with Gasteiger partial charge in [0.25, 0.3) is 0 Å². The van der Waals surface area contributed by atoms with Gasteiger partial charge in [0.2, 0.25) is 0 Å². The third-order valence-electron chi connectivity index (χ3n) is 2.89. The predicted octanol–water partition coefficient (Wildman–Crippen LogP) is 3.58. The first kappa shape index (κ1) is 12.2. The van der Waals surface area contributed by atoms with Crippen molar-refractivity contribution >= 4 is 22.6 Å². The van der Waals surface area contributed by atoms with Crippen LogP contribution in [0.4, 0.5) is 0 Å². The standard InChI is InChI=1S/C13H17ClN2O/c1-3-4-7-16-12-6-5-10(17-2)8-11(12)15-13(16)9-14/h5-6,8H,3-4,7,9H2,1-2H3. The van der Waals surface area contributed by atoms with Gasteiger partial charge in [0.05, 0.1) is 24.0 Å². The normalized spacial score (nSPS) is 11.0. The molecule has 1 aromatic heterocycles. The number of nitrogens with zero attached hydrogens (tertiary/aromatic N) is 2. The Bertz CT molecular complexity index is 507. The molecule has 0 saturated heterocycles.